The Morgan fingerprint density at radius 2 is 1.08 bits per heavy atom. The number of hydrogen-bond donors (Lipinski definition) is 4. The Morgan fingerprint density at radius 3 is 1.68 bits per heavy atom. The van der Waals surface area contributed by atoms with Crippen LogP contribution in [0.5, 0.6) is 0 Å². The van der Waals surface area contributed by atoms with Crippen LogP contribution in [0.1, 0.15) is 63.5 Å². The van der Waals surface area contributed by atoms with E-state index < -0.39 is 19.7 Å². The van der Waals surface area contributed by atoms with Crippen molar-refractivity contribution in [3.05, 3.63) is 108 Å². The smallest absolute Gasteiger partial charge is 0.206 e. The van der Waals surface area contributed by atoms with E-state index in [1.807, 2.05) is 36.4 Å². The lowest BCUT2D eigenvalue weighted by Gasteiger charge is -2.26. The third-order valence-electron chi connectivity index (χ3n) is 11.0. The quantitative estimate of drug-likeness (QED) is 0.182. The van der Waals surface area contributed by atoms with Crippen LogP contribution in [0.3, 0.4) is 0 Å². The highest BCUT2D eigenvalue weighted by Crippen LogP contribution is 2.46. The highest BCUT2D eigenvalue weighted by molar-refractivity contribution is 7.91. The second-order valence-electron chi connectivity index (χ2n) is 14.7. The molecule has 0 spiro atoms. The SMILES string of the molecule is CC1CNCC(C)[C@H]2c3cc(S(=O)(=O)c4ccccc4)ccc3N[C@H]12.CC1C[C@@H]2Nc3ccc(S(=O)(=O)c4ccccc4)cc3[C@@H]2CC(C)N1. The molecule has 0 aromatic heterocycles. The van der Waals surface area contributed by atoms with Crippen molar-refractivity contribution in [2.24, 2.45) is 11.8 Å². The highest BCUT2D eigenvalue weighted by Gasteiger charge is 2.41. The van der Waals surface area contributed by atoms with Gasteiger partial charge in [0.1, 0.15) is 0 Å². The minimum absolute atomic E-state index is 0.339. The fourth-order valence-electron chi connectivity index (χ4n) is 8.56. The van der Waals surface area contributed by atoms with Crippen molar-refractivity contribution < 1.29 is 16.8 Å². The van der Waals surface area contributed by atoms with Crippen LogP contribution in [0.4, 0.5) is 11.4 Å². The third-order valence-corrected chi connectivity index (χ3v) is 14.5. The van der Waals surface area contributed by atoms with E-state index >= 15 is 0 Å². The summed E-state index contributed by atoms with van der Waals surface area (Å²) in [5.41, 5.74) is 4.46. The number of hydrogen-bond acceptors (Lipinski definition) is 8. The zero-order valence-electron chi connectivity index (χ0n) is 29.1. The fraction of sp³-hybridized carbons (Fsp3) is 0.400. The average Bonchev–Trinajstić information content (AvgIpc) is 3.57. The molecule has 0 saturated carbocycles. The summed E-state index contributed by atoms with van der Waals surface area (Å²) >= 11 is 0. The molecule has 4 aliphatic heterocycles. The largest absolute Gasteiger partial charge is 0.381 e. The molecule has 4 heterocycles. The van der Waals surface area contributed by atoms with Gasteiger partial charge < -0.3 is 21.3 Å². The molecule has 2 saturated heterocycles. The molecule has 0 bridgehead atoms. The number of anilines is 2. The third kappa shape index (κ3) is 6.59. The number of rotatable bonds is 4. The molecule has 10 heteroatoms. The van der Waals surface area contributed by atoms with E-state index in [1.165, 1.54) is 0 Å². The van der Waals surface area contributed by atoms with Gasteiger partial charge in [-0.1, -0.05) is 50.2 Å². The molecule has 264 valence electrons. The van der Waals surface area contributed by atoms with Crippen LogP contribution < -0.4 is 21.3 Å². The van der Waals surface area contributed by atoms with Crippen LogP contribution in [0.15, 0.2) is 117 Å². The molecule has 8 rings (SSSR count). The molecule has 8 nitrogen and oxygen atoms in total. The summed E-state index contributed by atoms with van der Waals surface area (Å²) in [7, 11) is -6.96. The lowest BCUT2D eigenvalue weighted by molar-refractivity contribution is 0.402. The molecule has 8 atom stereocenters. The maximum Gasteiger partial charge on any atom is 0.206 e. The van der Waals surface area contributed by atoms with Crippen LogP contribution in [-0.2, 0) is 19.7 Å². The number of sulfone groups is 2. The number of fused-ring (bicyclic) bond motifs is 6. The summed E-state index contributed by atoms with van der Waals surface area (Å²) in [4.78, 5) is 1.47. The van der Waals surface area contributed by atoms with Gasteiger partial charge in [0.15, 0.2) is 0 Å². The van der Waals surface area contributed by atoms with Crippen LogP contribution in [0, 0.1) is 11.8 Å². The number of benzene rings is 4. The summed E-state index contributed by atoms with van der Waals surface area (Å²) < 4.78 is 51.8. The Labute approximate surface area is 297 Å². The van der Waals surface area contributed by atoms with Gasteiger partial charge in [-0.2, -0.15) is 0 Å². The van der Waals surface area contributed by atoms with E-state index in [0.29, 0.717) is 67.4 Å². The first kappa shape index (κ1) is 34.7. The van der Waals surface area contributed by atoms with Gasteiger partial charge in [0.2, 0.25) is 19.7 Å². The second-order valence-corrected chi connectivity index (χ2v) is 18.6. The van der Waals surface area contributed by atoms with Gasteiger partial charge >= 0.3 is 0 Å². The highest BCUT2D eigenvalue weighted by atomic mass is 32.2. The topological polar surface area (TPSA) is 116 Å². The van der Waals surface area contributed by atoms with Crippen LogP contribution in [0.2, 0.25) is 0 Å². The van der Waals surface area contributed by atoms with Gasteiger partial charge in [-0.3, -0.25) is 0 Å². The van der Waals surface area contributed by atoms with Crippen molar-refractivity contribution in [2.75, 3.05) is 23.7 Å². The molecule has 0 aliphatic carbocycles. The summed E-state index contributed by atoms with van der Waals surface area (Å²) in [6.07, 6.45) is 2.06. The molecule has 0 radical (unpaired) electrons. The van der Waals surface area contributed by atoms with Gasteiger partial charge in [0.05, 0.1) is 19.6 Å². The standard InChI is InChI=1S/2C20H24N2O2S/c1-13-11-21-12-14(2)20-19(13)17-10-16(8-9-18(17)22-20)25(23,24)15-6-4-3-5-7-15;1-13-10-17-18-12-16(25(23,24)15-6-4-3-5-7-15)8-9-19(18)22-20(17)11-14(2)21-13/h3-10,13-14,19-22H,11-12H2,1-2H3;3-9,12-14,17,20-22H,10-11H2,1-2H3/t13?,14?,19-,20+;13?,14?,17-,20-/m00/s1. The van der Waals surface area contributed by atoms with Crippen molar-refractivity contribution >= 4 is 31.0 Å². The molecule has 4 unspecified atom stereocenters. The minimum Gasteiger partial charge on any atom is -0.381 e. The summed E-state index contributed by atoms with van der Waals surface area (Å²) in [6.45, 7) is 10.9. The maximum atomic E-state index is 13.0. The lowest BCUT2D eigenvalue weighted by atomic mass is 9.81. The Kier molecular flexibility index (Phi) is 9.58. The normalized spacial score (nSPS) is 28.6. The van der Waals surface area contributed by atoms with E-state index in [2.05, 4.69) is 49.0 Å². The van der Waals surface area contributed by atoms with Crippen LogP contribution >= 0.6 is 0 Å². The fourth-order valence-corrected chi connectivity index (χ4v) is 11.2. The second kappa shape index (κ2) is 13.8. The zero-order chi connectivity index (χ0) is 35.2. The predicted molar refractivity (Wildman–Crippen MR) is 199 cm³/mol. The van der Waals surface area contributed by atoms with Gasteiger partial charge in [0, 0.05) is 47.4 Å². The minimum atomic E-state index is -3.48. The van der Waals surface area contributed by atoms with Crippen molar-refractivity contribution in [1.29, 1.82) is 0 Å². The molecule has 4 aromatic carbocycles. The van der Waals surface area contributed by atoms with Gasteiger partial charge in [0.25, 0.3) is 0 Å². The van der Waals surface area contributed by atoms with E-state index in [-0.39, 0.29) is 0 Å². The first-order valence-corrected chi connectivity index (χ1v) is 20.8. The van der Waals surface area contributed by atoms with Gasteiger partial charge in [-0.15, -0.1) is 0 Å². The Hall–Kier alpha value is -3.70. The zero-order valence-corrected chi connectivity index (χ0v) is 30.8. The van der Waals surface area contributed by atoms with E-state index in [0.717, 1.165) is 48.4 Å². The van der Waals surface area contributed by atoms with E-state index in [1.54, 1.807) is 60.7 Å². The Morgan fingerprint density at radius 1 is 0.560 bits per heavy atom. The van der Waals surface area contributed by atoms with E-state index in [4.69, 9.17) is 0 Å². The summed E-state index contributed by atoms with van der Waals surface area (Å²) in [6, 6.07) is 30.1. The molecular formula is C40H48N4O4S2. The summed E-state index contributed by atoms with van der Waals surface area (Å²) in [5, 5.41) is 14.4. The van der Waals surface area contributed by atoms with Gasteiger partial charge in [-0.25, -0.2) is 16.8 Å². The average molecular weight is 713 g/mol. The first-order valence-electron chi connectivity index (χ1n) is 17.8. The molecule has 2 fully saturated rings. The van der Waals surface area contributed by atoms with Crippen molar-refractivity contribution in [1.82, 2.24) is 10.6 Å². The molecular weight excluding hydrogens is 665 g/mol. The molecule has 4 aromatic rings. The van der Waals surface area contributed by atoms with Crippen molar-refractivity contribution in [3.8, 4) is 0 Å². The Balaban J connectivity index is 0.000000157. The maximum absolute atomic E-state index is 13.0. The first-order chi connectivity index (χ1) is 23.9. The molecule has 4 aliphatic rings. The van der Waals surface area contributed by atoms with Crippen molar-refractivity contribution in [3.63, 3.8) is 0 Å². The monoisotopic (exact) mass is 712 g/mol. The van der Waals surface area contributed by atoms with Crippen molar-refractivity contribution in [2.45, 2.75) is 96.1 Å². The Bertz CT molecular complexity index is 2060. The lowest BCUT2D eigenvalue weighted by Crippen LogP contribution is -2.33. The van der Waals surface area contributed by atoms with Gasteiger partial charge in [-0.05, 0) is 123 Å². The predicted octanol–water partition coefficient (Wildman–Crippen LogP) is 6.83. The van der Waals surface area contributed by atoms with E-state index in [9.17, 15) is 16.8 Å². The number of nitrogens with one attached hydrogen (secondary N) is 4. The van der Waals surface area contributed by atoms with Crippen LogP contribution in [0.25, 0.3) is 0 Å². The molecule has 50 heavy (non-hydrogen) atoms. The molecule has 0 amide bonds. The van der Waals surface area contributed by atoms with Crippen LogP contribution in [-0.4, -0.2) is 54.1 Å². The summed E-state index contributed by atoms with van der Waals surface area (Å²) in [5.74, 6) is 1.65. The molecule has 4 N–H and O–H groups in total.